The van der Waals surface area contributed by atoms with Gasteiger partial charge in [0.1, 0.15) is 6.07 Å². The predicted molar refractivity (Wildman–Crippen MR) is 52.5 cm³/mol. The first kappa shape index (κ1) is 9.91. The number of nitrogens with zero attached hydrogens (tertiary/aromatic N) is 2. The summed E-state index contributed by atoms with van der Waals surface area (Å²) in [7, 11) is 1.74. The number of anilines is 1. The highest BCUT2D eigenvalue weighted by Crippen LogP contribution is 2.32. The zero-order valence-electron chi connectivity index (χ0n) is 8.30. The van der Waals surface area contributed by atoms with Crippen molar-refractivity contribution in [2.45, 2.75) is 18.9 Å². The summed E-state index contributed by atoms with van der Waals surface area (Å²) in [5, 5.41) is 8.52. The van der Waals surface area contributed by atoms with Gasteiger partial charge in [0.05, 0.1) is 11.3 Å². The fourth-order valence-electron chi connectivity index (χ4n) is 1.56. The molecule has 0 unspecified atom stereocenters. The van der Waals surface area contributed by atoms with Crippen LogP contribution in [0.1, 0.15) is 18.4 Å². The van der Waals surface area contributed by atoms with Crippen LogP contribution in [0.25, 0.3) is 0 Å². The standard InChI is InChI=1S/C11H10F2N2/c1-15(8-3-4-8)9-5-2-7(6-14)10(12)11(9)13/h2,5,8H,3-4H2,1H3. The van der Waals surface area contributed by atoms with Gasteiger partial charge in [0.25, 0.3) is 0 Å². The Bertz CT molecular complexity index is 433. The topological polar surface area (TPSA) is 27.0 Å². The van der Waals surface area contributed by atoms with Crippen molar-refractivity contribution >= 4 is 5.69 Å². The Labute approximate surface area is 86.7 Å². The molecule has 4 heteroatoms. The maximum atomic E-state index is 13.5. The minimum Gasteiger partial charge on any atom is -0.369 e. The molecule has 0 amide bonds. The summed E-state index contributed by atoms with van der Waals surface area (Å²) in [4.78, 5) is 1.72. The first-order valence-electron chi connectivity index (χ1n) is 4.76. The Kier molecular flexibility index (Phi) is 2.31. The van der Waals surface area contributed by atoms with Gasteiger partial charge in [-0.15, -0.1) is 0 Å². The van der Waals surface area contributed by atoms with Crippen LogP contribution in [0.2, 0.25) is 0 Å². The quantitative estimate of drug-likeness (QED) is 0.746. The molecule has 0 bridgehead atoms. The zero-order chi connectivity index (χ0) is 11.0. The van der Waals surface area contributed by atoms with Gasteiger partial charge in [-0.25, -0.2) is 8.78 Å². The second-order valence-corrected chi connectivity index (χ2v) is 3.71. The van der Waals surface area contributed by atoms with E-state index < -0.39 is 11.6 Å². The normalized spacial score (nSPS) is 14.8. The molecular weight excluding hydrogens is 198 g/mol. The third kappa shape index (κ3) is 1.65. The summed E-state index contributed by atoms with van der Waals surface area (Å²) in [6.07, 6.45) is 2.02. The molecule has 2 rings (SSSR count). The molecule has 1 saturated carbocycles. The Hall–Kier alpha value is -1.63. The molecule has 2 nitrogen and oxygen atoms in total. The van der Waals surface area contributed by atoms with E-state index in [2.05, 4.69) is 0 Å². The van der Waals surface area contributed by atoms with Crippen molar-refractivity contribution in [3.8, 4) is 6.07 Å². The predicted octanol–water partition coefficient (Wildman–Crippen LogP) is 2.44. The molecular formula is C11H10F2N2. The van der Waals surface area contributed by atoms with Crippen molar-refractivity contribution in [3.63, 3.8) is 0 Å². The second kappa shape index (κ2) is 3.50. The summed E-state index contributed by atoms with van der Waals surface area (Å²) in [6.45, 7) is 0. The molecule has 0 spiro atoms. The lowest BCUT2D eigenvalue weighted by atomic mass is 10.2. The molecule has 0 aliphatic heterocycles. The van der Waals surface area contributed by atoms with Gasteiger partial charge < -0.3 is 4.90 Å². The van der Waals surface area contributed by atoms with Gasteiger partial charge in [0, 0.05) is 13.1 Å². The van der Waals surface area contributed by atoms with Crippen LogP contribution < -0.4 is 4.90 Å². The Balaban J connectivity index is 2.41. The molecule has 15 heavy (non-hydrogen) atoms. The van der Waals surface area contributed by atoms with E-state index in [1.54, 1.807) is 18.0 Å². The lowest BCUT2D eigenvalue weighted by molar-refractivity contribution is 0.505. The van der Waals surface area contributed by atoms with Crippen LogP contribution in [0.4, 0.5) is 14.5 Å². The van der Waals surface area contributed by atoms with Crippen molar-refractivity contribution in [2.75, 3.05) is 11.9 Å². The monoisotopic (exact) mass is 208 g/mol. The summed E-state index contributed by atoms with van der Waals surface area (Å²) in [6, 6.07) is 4.69. The number of hydrogen-bond acceptors (Lipinski definition) is 2. The van der Waals surface area contributed by atoms with Crippen LogP contribution in [0.5, 0.6) is 0 Å². The van der Waals surface area contributed by atoms with Crippen molar-refractivity contribution in [1.29, 1.82) is 5.26 Å². The van der Waals surface area contributed by atoms with Crippen molar-refractivity contribution in [1.82, 2.24) is 0 Å². The van der Waals surface area contributed by atoms with Gasteiger partial charge >= 0.3 is 0 Å². The van der Waals surface area contributed by atoms with Gasteiger partial charge in [-0.1, -0.05) is 0 Å². The van der Waals surface area contributed by atoms with E-state index in [0.29, 0.717) is 6.04 Å². The van der Waals surface area contributed by atoms with E-state index in [1.165, 1.54) is 12.1 Å². The average molecular weight is 208 g/mol. The van der Waals surface area contributed by atoms with Crippen LogP contribution >= 0.6 is 0 Å². The van der Waals surface area contributed by atoms with E-state index in [4.69, 9.17) is 5.26 Å². The first-order valence-corrected chi connectivity index (χ1v) is 4.76. The lowest BCUT2D eigenvalue weighted by Crippen LogP contribution is -2.21. The molecule has 0 heterocycles. The fourth-order valence-corrected chi connectivity index (χ4v) is 1.56. The summed E-state index contributed by atoms with van der Waals surface area (Å²) >= 11 is 0. The van der Waals surface area contributed by atoms with Crippen molar-refractivity contribution in [3.05, 3.63) is 29.3 Å². The van der Waals surface area contributed by atoms with E-state index >= 15 is 0 Å². The van der Waals surface area contributed by atoms with E-state index in [1.807, 2.05) is 0 Å². The van der Waals surface area contributed by atoms with Gasteiger partial charge in [-0.2, -0.15) is 5.26 Å². The van der Waals surface area contributed by atoms with Crippen LogP contribution in [0.3, 0.4) is 0 Å². The maximum absolute atomic E-state index is 13.5. The van der Waals surface area contributed by atoms with Gasteiger partial charge in [0.2, 0.25) is 0 Å². The van der Waals surface area contributed by atoms with Crippen LogP contribution in [0.15, 0.2) is 12.1 Å². The molecule has 0 N–H and O–H groups in total. The van der Waals surface area contributed by atoms with Crippen LogP contribution in [-0.4, -0.2) is 13.1 Å². The molecule has 1 aliphatic rings. The fraction of sp³-hybridized carbons (Fsp3) is 0.364. The second-order valence-electron chi connectivity index (χ2n) is 3.71. The molecule has 0 saturated heterocycles. The van der Waals surface area contributed by atoms with Crippen molar-refractivity contribution < 1.29 is 8.78 Å². The molecule has 0 aromatic heterocycles. The van der Waals surface area contributed by atoms with E-state index in [0.717, 1.165) is 12.8 Å². The Morgan fingerprint density at radius 2 is 2.00 bits per heavy atom. The van der Waals surface area contributed by atoms with Gasteiger partial charge in [0.15, 0.2) is 11.6 Å². The smallest absolute Gasteiger partial charge is 0.183 e. The maximum Gasteiger partial charge on any atom is 0.183 e. The highest BCUT2D eigenvalue weighted by atomic mass is 19.2. The molecule has 0 atom stereocenters. The van der Waals surface area contributed by atoms with E-state index in [9.17, 15) is 8.78 Å². The summed E-state index contributed by atoms with van der Waals surface area (Å²) < 4.78 is 26.8. The lowest BCUT2D eigenvalue weighted by Gasteiger charge is -2.19. The summed E-state index contributed by atoms with van der Waals surface area (Å²) in [5.74, 6) is -1.98. The molecule has 0 radical (unpaired) electrons. The minimum absolute atomic E-state index is 0.231. The molecule has 1 aliphatic carbocycles. The highest BCUT2D eigenvalue weighted by Gasteiger charge is 2.29. The molecule has 1 aromatic rings. The Morgan fingerprint density at radius 3 is 2.53 bits per heavy atom. The van der Waals surface area contributed by atoms with Crippen LogP contribution in [0, 0.1) is 23.0 Å². The number of benzene rings is 1. The number of nitriles is 1. The number of rotatable bonds is 2. The van der Waals surface area contributed by atoms with Crippen molar-refractivity contribution in [2.24, 2.45) is 0 Å². The number of hydrogen-bond donors (Lipinski definition) is 0. The summed E-state index contributed by atoms with van der Waals surface area (Å²) in [5.41, 5.74) is -0.0190. The average Bonchev–Trinajstić information content (AvgIpc) is 3.04. The minimum atomic E-state index is -1.05. The van der Waals surface area contributed by atoms with Gasteiger partial charge in [-0.3, -0.25) is 0 Å². The largest absolute Gasteiger partial charge is 0.369 e. The highest BCUT2D eigenvalue weighted by molar-refractivity contribution is 5.52. The third-order valence-corrected chi connectivity index (χ3v) is 2.66. The SMILES string of the molecule is CN(c1ccc(C#N)c(F)c1F)C1CC1. The Morgan fingerprint density at radius 1 is 1.33 bits per heavy atom. The molecule has 78 valence electrons. The molecule has 1 fully saturated rings. The van der Waals surface area contributed by atoms with Gasteiger partial charge in [-0.05, 0) is 25.0 Å². The zero-order valence-corrected chi connectivity index (χ0v) is 8.30. The van der Waals surface area contributed by atoms with E-state index in [-0.39, 0.29) is 11.3 Å². The first-order chi connectivity index (χ1) is 7.15. The van der Waals surface area contributed by atoms with Crippen LogP contribution in [-0.2, 0) is 0 Å². The number of halogens is 2. The molecule has 1 aromatic carbocycles. The third-order valence-electron chi connectivity index (χ3n) is 2.66.